The maximum Gasteiger partial charge on any atom is 0.264 e. The van der Waals surface area contributed by atoms with Crippen LogP contribution in [0, 0.1) is 19.8 Å². The van der Waals surface area contributed by atoms with Crippen LogP contribution in [0.2, 0.25) is 0 Å². The first-order valence-corrected chi connectivity index (χ1v) is 9.20. The van der Waals surface area contributed by atoms with Crippen LogP contribution >= 0.6 is 11.3 Å². The van der Waals surface area contributed by atoms with Gasteiger partial charge in [-0.2, -0.15) is 5.10 Å². The van der Waals surface area contributed by atoms with E-state index in [4.69, 9.17) is 0 Å². The van der Waals surface area contributed by atoms with Crippen molar-refractivity contribution in [1.82, 2.24) is 25.1 Å². The Morgan fingerprint density at radius 3 is 2.92 bits per heavy atom. The molecule has 0 aromatic carbocycles. The van der Waals surface area contributed by atoms with Gasteiger partial charge in [-0.25, -0.2) is 4.98 Å². The highest BCUT2D eigenvalue weighted by atomic mass is 32.1. The van der Waals surface area contributed by atoms with Gasteiger partial charge in [0.05, 0.1) is 28.4 Å². The van der Waals surface area contributed by atoms with Gasteiger partial charge in [-0.3, -0.25) is 14.7 Å². The van der Waals surface area contributed by atoms with E-state index in [9.17, 15) is 14.7 Å². The fourth-order valence-corrected chi connectivity index (χ4v) is 4.61. The summed E-state index contributed by atoms with van der Waals surface area (Å²) in [6.45, 7) is 4.44. The van der Waals surface area contributed by atoms with Crippen molar-refractivity contribution in [3.05, 3.63) is 44.6 Å². The smallest absolute Gasteiger partial charge is 0.264 e. The third-order valence-electron chi connectivity index (χ3n) is 4.85. The van der Waals surface area contributed by atoms with E-state index in [1.165, 1.54) is 17.7 Å². The summed E-state index contributed by atoms with van der Waals surface area (Å²) in [5.74, 6) is -0.220. The number of aliphatic hydroxyl groups is 1. The van der Waals surface area contributed by atoms with Crippen molar-refractivity contribution in [2.45, 2.75) is 26.4 Å². The van der Waals surface area contributed by atoms with Crippen molar-refractivity contribution < 1.29 is 9.90 Å². The molecule has 0 unspecified atom stereocenters. The molecule has 1 amide bonds. The number of carbonyl (C=O) groups is 1. The maximum atomic E-state index is 13.0. The number of thiophene rings is 1. The van der Waals surface area contributed by atoms with Gasteiger partial charge in [0.25, 0.3) is 11.5 Å². The largest absolute Gasteiger partial charge is 0.391 e. The number of fused-ring (bicyclic) bond motifs is 1. The zero-order chi connectivity index (χ0) is 18.4. The van der Waals surface area contributed by atoms with Crippen molar-refractivity contribution in [2.24, 2.45) is 5.92 Å². The lowest BCUT2D eigenvalue weighted by Crippen LogP contribution is -2.29. The maximum absolute atomic E-state index is 13.0. The van der Waals surface area contributed by atoms with Gasteiger partial charge in [0, 0.05) is 24.7 Å². The van der Waals surface area contributed by atoms with E-state index in [0.717, 1.165) is 11.4 Å². The number of carbonyl (C=O) groups excluding carboxylic acids is 1. The number of aliphatic hydroxyl groups excluding tert-OH is 1. The van der Waals surface area contributed by atoms with Gasteiger partial charge < -0.3 is 15.0 Å². The summed E-state index contributed by atoms with van der Waals surface area (Å²) in [6.07, 6.45) is 1.37. The van der Waals surface area contributed by atoms with Gasteiger partial charge >= 0.3 is 0 Å². The van der Waals surface area contributed by atoms with Gasteiger partial charge in [0.2, 0.25) is 0 Å². The molecule has 0 aliphatic carbocycles. The Hall–Kier alpha value is -2.52. The highest BCUT2D eigenvalue weighted by Gasteiger charge is 2.36. The van der Waals surface area contributed by atoms with Gasteiger partial charge in [-0.1, -0.05) is 0 Å². The molecule has 1 aliphatic heterocycles. The monoisotopic (exact) mass is 373 g/mol. The van der Waals surface area contributed by atoms with E-state index in [1.54, 1.807) is 11.8 Å². The Bertz CT molecular complexity index is 1040. The van der Waals surface area contributed by atoms with Crippen molar-refractivity contribution >= 4 is 27.5 Å². The predicted octanol–water partition coefficient (Wildman–Crippen LogP) is 1.00. The third-order valence-corrected chi connectivity index (χ3v) is 6.04. The minimum atomic E-state index is -0.591. The summed E-state index contributed by atoms with van der Waals surface area (Å²) < 4.78 is 0. The molecule has 26 heavy (non-hydrogen) atoms. The SMILES string of the molecule is Cc1cc(C[C@@H]2CN(C(=O)c3sc4nc[nH]c(=O)c4c3C)C[C@H]2O)n[nH]1. The molecule has 4 heterocycles. The Labute approximate surface area is 152 Å². The molecule has 8 nitrogen and oxygen atoms in total. The molecule has 0 bridgehead atoms. The molecule has 0 saturated carbocycles. The second-order valence-corrected chi connectivity index (χ2v) is 7.75. The average molecular weight is 373 g/mol. The summed E-state index contributed by atoms with van der Waals surface area (Å²) in [6, 6.07) is 1.95. The van der Waals surface area contributed by atoms with Gasteiger partial charge in [0.1, 0.15) is 4.83 Å². The minimum absolute atomic E-state index is 0.0575. The number of amides is 1. The van der Waals surface area contributed by atoms with Crippen LogP contribution in [0.1, 0.15) is 26.6 Å². The summed E-state index contributed by atoms with van der Waals surface area (Å²) in [5, 5.41) is 17.9. The molecule has 3 aromatic rings. The first-order valence-electron chi connectivity index (χ1n) is 8.39. The minimum Gasteiger partial charge on any atom is -0.391 e. The van der Waals surface area contributed by atoms with Gasteiger partial charge in [-0.05, 0) is 31.9 Å². The van der Waals surface area contributed by atoms with Crippen molar-refractivity contribution in [3.8, 4) is 0 Å². The number of rotatable bonds is 3. The van der Waals surface area contributed by atoms with Crippen molar-refractivity contribution in [1.29, 1.82) is 0 Å². The van der Waals surface area contributed by atoms with Gasteiger partial charge in [-0.15, -0.1) is 11.3 Å². The lowest BCUT2D eigenvalue weighted by atomic mass is 10.0. The predicted molar refractivity (Wildman–Crippen MR) is 97.4 cm³/mol. The molecule has 3 aromatic heterocycles. The molecule has 2 atom stereocenters. The second kappa shape index (κ2) is 6.33. The molecule has 9 heteroatoms. The molecule has 4 rings (SSSR count). The van der Waals surface area contributed by atoms with Crippen LogP contribution in [0.4, 0.5) is 0 Å². The Balaban J connectivity index is 1.57. The topological polar surface area (TPSA) is 115 Å². The first-order chi connectivity index (χ1) is 12.4. The molecule has 1 aliphatic rings. The second-order valence-electron chi connectivity index (χ2n) is 6.75. The van der Waals surface area contributed by atoms with E-state index in [0.29, 0.717) is 33.6 Å². The lowest BCUT2D eigenvalue weighted by molar-refractivity contribution is 0.0769. The number of nitrogens with one attached hydrogen (secondary N) is 2. The highest BCUT2D eigenvalue weighted by molar-refractivity contribution is 7.20. The molecule has 0 spiro atoms. The summed E-state index contributed by atoms with van der Waals surface area (Å²) in [4.78, 5) is 34.4. The third kappa shape index (κ3) is 2.82. The number of nitrogens with zero attached hydrogens (tertiary/aromatic N) is 3. The Morgan fingerprint density at radius 2 is 2.23 bits per heavy atom. The van der Waals surface area contributed by atoms with Crippen LogP contribution in [0.3, 0.4) is 0 Å². The van der Waals surface area contributed by atoms with Gasteiger partial charge in [0.15, 0.2) is 0 Å². The molecular formula is C17H19N5O3S. The number of aryl methyl sites for hydroxylation is 2. The van der Waals surface area contributed by atoms with Crippen molar-refractivity contribution in [2.75, 3.05) is 13.1 Å². The normalized spacial score (nSPS) is 20.2. The highest BCUT2D eigenvalue weighted by Crippen LogP contribution is 2.30. The molecule has 1 saturated heterocycles. The fraction of sp³-hybridized carbons (Fsp3) is 0.412. The number of H-pyrrole nitrogens is 2. The molecule has 136 valence electrons. The van der Waals surface area contributed by atoms with E-state index < -0.39 is 6.10 Å². The molecule has 0 radical (unpaired) electrons. The zero-order valence-electron chi connectivity index (χ0n) is 14.4. The Morgan fingerprint density at radius 1 is 1.42 bits per heavy atom. The first kappa shape index (κ1) is 16.9. The van der Waals surface area contributed by atoms with E-state index in [-0.39, 0.29) is 23.9 Å². The van der Waals surface area contributed by atoms with E-state index in [2.05, 4.69) is 20.2 Å². The summed E-state index contributed by atoms with van der Waals surface area (Å²) >= 11 is 1.22. The zero-order valence-corrected chi connectivity index (χ0v) is 15.3. The van der Waals surface area contributed by atoms with Crippen molar-refractivity contribution in [3.63, 3.8) is 0 Å². The van der Waals surface area contributed by atoms with Crippen LogP contribution in [0.5, 0.6) is 0 Å². The fourth-order valence-electron chi connectivity index (χ4n) is 3.49. The number of hydrogen-bond acceptors (Lipinski definition) is 6. The van der Waals surface area contributed by atoms with Crippen LogP contribution in [0.15, 0.2) is 17.2 Å². The number of likely N-dealkylation sites (tertiary alicyclic amines) is 1. The molecule has 3 N–H and O–H groups in total. The number of β-amino-alcohol motifs (C(OH)–C–C–N with tert-alkyl or cyclic N) is 1. The summed E-state index contributed by atoms with van der Waals surface area (Å²) in [5.41, 5.74) is 2.26. The van der Waals surface area contributed by atoms with E-state index in [1.807, 2.05) is 13.0 Å². The number of aromatic amines is 2. The van der Waals surface area contributed by atoms with Crippen LogP contribution in [0.25, 0.3) is 10.2 Å². The van der Waals surface area contributed by atoms with Crippen LogP contribution < -0.4 is 5.56 Å². The molecular weight excluding hydrogens is 354 g/mol. The standard InChI is InChI=1S/C17H19N5O3S/c1-8-3-11(21-20-8)4-10-5-22(6-12(10)23)17(25)14-9(2)13-15(24)18-7-19-16(13)26-14/h3,7,10,12,23H,4-6H2,1-2H3,(H,20,21)(H,18,19,24)/t10-,12-/m1/s1. The van der Waals surface area contributed by atoms with E-state index >= 15 is 0 Å². The number of aromatic nitrogens is 4. The summed E-state index contributed by atoms with van der Waals surface area (Å²) in [7, 11) is 0. The Kier molecular flexibility index (Phi) is 4.12. The van der Waals surface area contributed by atoms with Crippen LogP contribution in [-0.2, 0) is 6.42 Å². The molecule has 1 fully saturated rings. The number of hydrogen-bond donors (Lipinski definition) is 3. The quantitative estimate of drug-likeness (QED) is 0.634. The van der Waals surface area contributed by atoms with Crippen LogP contribution in [-0.4, -0.2) is 55.3 Å². The average Bonchev–Trinajstić information content (AvgIpc) is 3.27. The lowest BCUT2D eigenvalue weighted by Gasteiger charge is -2.15.